The quantitative estimate of drug-likeness (QED) is 0.559. The van der Waals surface area contributed by atoms with E-state index in [4.69, 9.17) is 15.2 Å². The van der Waals surface area contributed by atoms with Crippen LogP contribution in [0.15, 0.2) is 6.33 Å². The number of aryl methyl sites for hydroxylation is 1. The lowest BCUT2D eigenvalue weighted by molar-refractivity contribution is -0.121. The number of rotatable bonds is 7. The first-order valence-corrected chi connectivity index (χ1v) is 13.6. The molecule has 0 aromatic carbocycles. The molecule has 2 atom stereocenters. The molecule has 2 aliphatic rings. The lowest BCUT2D eigenvalue weighted by Gasteiger charge is -2.37. The lowest BCUT2D eigenvalue weighted by Crippen LogP contribution is -2.45. The van der Waals surface area contributed by atoms with Gasteiger partial charge in [-0.05, 0) is 84.1 Å². The molecule has 1 fully saturated rings. The summed E-state index contributed by atoms with van der Waals surface area (Å²) >= 11 is 1.71. The lowest BCUT2D eigenvalue weighted by atomic mass is 9.90. The van der Waals surface area contributed by atoms with Gasteiger partial charge < -0.3 is 20.1 Å². The summed E-state index contributed by atoms with van der Waals surface area (Å²) in [6.45, 7) is 10.2. The smallest absolute Gasteiger partial charge is 0.410 e. The maximum absolute atomic E-state index is 12.7. The second kappa shape index (κ2) is 10.3. The van der Waals surface area contributed by atoms with Crippen LogP contribution < -0.4 is 10.5 Å². The number of hydrogen-bond acceptors (Lipinski definition) is 7. The van der Waals surface area contributed by atoms with Crippen molar-refractivity contribution in [1.29, 1.82) is 0 Å². The van der Waals surface area contributed by atoms with Gasteiger partial charge in [-0.15, -0.1) is 11.3 Å². The summed E-state index contributed by atoms with van der Waals surface area (Å²) in [4.78, 5) is 37.5. The van der Waals surface area contributed by atoms with Gasteiger partial charge in [0.05, 0.1) is 5.39 Å². The number of thiophene rings is 1. The average Bonchev–Trinajstić information content (AvgIpc) is 3.34. The molecular formula is C26H38N4O4S. The fourth-order valence-corrected chi connectivity index (χ4v) is 6.63. The number of nitrogens with zero attached hydrogens (tertiary/aromatic N) is 3. The molecule has 0 aliphatic heterocycles. The van der Waals surface area contributed by atoms with Crippen LogP contribution in [0.1, 0.15) is 89.5 Å². The van der Waals surface area contributed by atoms with Gasteiger partial charge in [0, 0.05) is 23.4 Å². The predicted molar refractivity (Wildman–Crippen MR) is 137 cm³/mol. The van der Waals surface area contributed by atoms with Gasteiger partial charge in [0.25, 0.3) is 0 Å². The Balaban J connectivity index is 1.46. The maximum atomic E-state index is 12.7. The zero-order chi connectivity index (χ0) is 25.3. The predicted octanol–water partition coefficient (Wildman–Crippen LogP) is 5.18. The highest BCUT2D eigenvalue weighted by molar-refractivity contribution is 7.19. The standard InChI is InChI=1S/C26H38N4O4S/c1-6-30(25(32)34-26(3,4)5)17-8-10-18(11-9-17)33-23-21-20-16(13-15(2)22(27)31)7-12-19(20)35-24(21)29-14-28-23/h14-18H,6-13H2,1-5H3,(H2,27,31)/t15-,16+,17-,18-/m0/s1. The SMILES string of the molecule is CCN(C(=O)OC(C)(C)C)[C@H]1CC[C@H](Oc2ncnc3sc4c(c23)[C@@H](C[C@H](C)C(N)=O)CC4)CC1. The van der Waals surface area contributed by atoms with Crippen molar-refractivity contribution >= 4 is 33.6 Å². The monoisotopic (exact) mass is 502 g/mol. The van der Waals surface area contributed by atoms with E-state index in [1.54, 1.807) is 17.7 Å². The molecule has 0 bridgehead atoms. The fourth-order valence-electron chi connectivity index (χ4n) is 5.40. The maximum Gasteiger partial charge on any atom is 0.410 e. The average molecular weight is 503 g/mol. The van der Waals surface area contributed by atoms with Crippen LogP contribution in [0.25, 0.3) is 10.2 Å². The molecule has 2 N–H and O–H groups in total. The first-order chi connectivity index (χ1) is 16.6. The van der Waals surface area contributed by atoms with E-state index in [1.807, 2.05) is 39.5 Å². The number of nitrogens with two attached hydrogens (primary N) is 1. The number of ether oxygens (including phenoxy) is 2. The number of primary amides is 1. The number of amides is 2. The van der Waals surface area contributed by atoms with E-state index in [1.165, 1.54) is 10.4 Å². The van der Waals surface area contributed by atoms with Crippen molar-refractivity contribution in [3.63, 3.8) is 0 Å². The summed E-state index contributed by atoms with van der Waals surface area (Å²) in [6, 6.07) is 0.158. The summed E-state index contributed by atoms with van der Waals surface area (Å²) < 4.78 is 12.1. The molecule has 4 rings (SSSR count). The molecular weight excluding hydrogens is 464 g/mol. The third-order valence-corrected chi connectivity index (χ3v) is 8.32. The Morgan fingerprint density at radius 1 is 1.20 bits per heavy atom. The van der Waals surface area contributed by atoms with Gasteiger partial charge >= 0.3 is 6.09 Å². The third kappa shape index (κ3) is 5.71. The van der Waals surface area contributed by atoms with Crippen LogP contribution in [0.2, 0.25) is 0 Å². The normalized spacial score (nSPS) is 23.1. The van der Waals surface area contributed by atoms with Crippen molar-refractivity contribution in [3.05, 3.63) is 16.8 Å². The second-order valence-electron chi connectivity index (χ2n) is 10.9. The van der Waals surface area contributed by atoms with Crippen molar-refractivity contribution in [3.8, 4) is 5.88 Å². The molecule has 2 aromatic rings. The molecule has 8 nitrogen and oxygen atoms in total. The van der Waals surface area contributed by atoms with Crippen LogP contribution in [-0.2, 0) is 16.0 Å². The summed E-state index contributed by atoms with van der Waals surface area (Å²) in [6.07, 6.45) is 7.57. The number of aromatic nitrogens is 2. The molecule has 0 spiro atoms. The van der Waals surface area contributed by atoms with Crippen LogP contribution in [0, 0.1) is 5.92 Å². The third-order valence-electron chi connectivity index (χ3n) is 7.15. The highest BCUT2D eigenvalue weighted by atomic mass is 32.1. The molecule has 9 heteroatoms. The van der Waals surface area contributed by atoms with Crippen molar-refractivity contribution in [2.75, 3.05) is 6.54 Å². The number of fused-ring (bicyclic) bond motifs is 3. The van der Waals surface area contributed by atoms with Crippen molar-refractivity contribution in [2.24, 2.45) is 11.7 Å². The second-order valence-corrected chi connectivity index (χ2v) is 12.0. The van der Waals surface area contributed by atoms with E-state index >= 15 is 0 Å². The Bertz CT molecular complexity index is 1070. The summed E-state index contributed by atoms with van der Waals surface area (Å²) in [7, 11) is 0. The van der Waals surface area contributed by atoms with Gasteiger partial charge in [-0.1, -0.05) is 6.92 Å². The van der Waals surface area contributed by atoms with Crippen molar-refractivity contribution in [1.82, 2.24) is 14.9 Å². The zero-order valence-corrected chi connectivity index (χ0v) is 22.3. The summed E-state index contributed by atoms with van der Waals surface area (Å²) in [5.41, 5.74) is 6.30. The molecule has 2 heterocycles. The summed E-state index contributed by atoms with van der Waals surface area (Å²) in [5.74, 6) is 0.498. The highest BCUT2D eigenvalue weighted by Gasteiger charge is 2.34. The van der Waals surface area contributed by atoms with Crippen LogP contribution >= 0.6 is 11.3 Å². The van der Waals surface area contributed by atoms with Crippen molar-refractivity contribution < 1.29 is 19.1 Å². The summed E-state index contributed by atoms with van der Waals surface area (Å²) in [5, 5.41) is 1.01. The Morgan fingerprint density at radius 2 is 1.91 bits per heavy atom. The molecule has 0 unspecified atom stereocenters. The Morgan fingerprint density at radius 3 is 2.54 bits per heavy atom. The van der Waals surface area contributed by atoms with E-state index in [0.717, 1.165) is 55.2 Å². The Kier molecular flexibility index (Phi) is 7.54. The number of carbonyl (C=O) groups is 2. The van der Waals surface area contributed by atoms with Crippen LogP contribution in [0.3, 0.4) is 0 Å². The molecule has 35 heavy (non-hydrogen) atoms. The molecule has 2 aromatic heterocycles. The molecule has 0 radical (unpaired) electrons. The van der Waals surface area contributed by atoms with E-state index < -0.39 is 5.60 Å². The Labute approximate surface area is 211 Å². The molecule has 2 aliphatic carbocycles. The van der Waals surface area contributed by atoms with Crippen molar-refractivity contribution in [2.45, 2.75) is 103 Å². The van der Waals surface area contributed by atoms with Crippen LogP contribution in [-0.4, -0.2) is 51.2 Å². The topological polar surface area (TPSA) is 108 Å². The first kappa shape index (κ1) is 25.7. The highest BCUT2D eigenvalue weighted by Crippen LogP contribution is 2.48. The largest absolute Gasteiger partial charge is 0.474 e. The van der Waals surface area contributed by atoms with Gasteiger partial charge in [0.2, 0.25) is 11.8 Å². The Hall–Kier alpha value is -2.42. The van der Waals surface area contributed by atoms with Gasteiger partial charge in [-0.25, -0.2) is 14.8 Å². The van der Waals surface area contributed by atoms with E-state index in [2.05, 4.69) is 9.97 Å². The minimum atomic E-state index is -0.503. The number of carbonyl (C=O) groups excluding carboxylic acids is 2. The molecule has 1 saturated carbocycles. The van der Waals surface area contributed by atoms with Crippen LogP contribution in [0.5, 0.6) is 5.88 Å². The first-order valence-electron chi connectivity index (χ1n) is 12.8. The van der Waals surface area contributed by atoms with E-state index in [0.29, 0.717) is 12.4 Å². The van der Waals surface area contributed by atoms with E-state index in [-0.39, 0.29) is 36.0 Å². The molecule has 2 amide bonds. The van der Waals surface area contributed by atoms with Gasteiger partial charge in [0.15, 0.2) is 0 Å². The van der Waals surface area contributed by atoms with E-state index in [9.17, 15) is 9.59 Å². The molecule has 0 saturated heterocycles. The van der Waals surface area contributed by atoms with Gasteiger partial charge in [-0.2, -0.15) is 0 Å². The van der Waals surface area contributed by atoms with Crippen LogP contribution in [0.4, 0.5) is 4.79 Å². The molecule has 192 valence electrons. The van der Waals surface area contributed by atoms with Gasteiger partial charge in [0.1, 0.15) is 22.9 Å². The zero-order valence-electron chi connectivity index (χ0n) is 21.5. The number of hydrogen-bond donors (Lipinski definition) is 1. The minimum Gasteiger partial charge on any atom is -0.474 e. The minimum absolute atomic E-state index is 0.0432. The van der Waals surface area contributed by atoms with Gasteiger partial charge in [-0.3, -0.25) is 4.79 Å². The fraction of sp³-hybridized carbons (Fsp3) is 0.692.